The molecule has 6 amide bonds. The Morgan fingerprint density at radius 2 is 1.57 bits per heavy atom. The Hall–Kier alpha value is -4.74. The molecule has 362 valence electrons. The van der Waals surface area contributed by atoms with Crippen molar-refractivity contribution in [3.8, 4) is 0 Å². The number of thiocarbonyl (C=S) groups is 1. The number of unbranched alkanes of at least 4 members (excludes halogenated alkanes) is 2. The molecule has 8 atom stereocenters. The molecule has 3 N–H and O–H groups in total. The number of imide groups is 1. The SMILES string of the molecule is CCC(C)C(C(CC(=O)N1CCCC1C(OC)C(C)C(=S)NC(Cc1ccccc1)C(=O)OC)OC)N(C)C(=O)C(NC(=O)C(C)(C)NC(=O)CCCCCN1C(=O)C=CC1=O)C(C)C. The lowest BCUT2D eigenvalue weighted by molar-refractivity contribution is -0.147. The van der Waals surface area contributed by atoms with Crippen LogP contribution >= 0.6 is 12.2 Å². The van der Waals surface area contributed by atoms with E-state index < -0.39 is 47.7 Å². The fourth-order valence-electron chi connectivity index (χ4n) is 8.70. The molecule has 0 saturated carbocycles. The molecule has 1 aromatic rings. The Labute approximate surface area is 391 Å². The summed E-state index contributed by atoms with van der Waals surface area (Å²) in [4.78, 5) is 96.9. The lowest BCUT2D eigenvalue weighted by atomic mass is 9.89. The maximum absolute atomic E-state index is 14.5. The highest BCUT2D eigenvalue weighted by Crippen LogP contribution is 2.30. The van der Waals surface area contributed by atoms with E-state index in [0.717, 1.165) is 16.9 Å². The zero-order chi connectivity index (χ0) is 48.6. The van der Waals surface area contributed by atoms with Gasteiger partial charge in [0.15, 0.2) is 0 Å². The first-order valence-corrected chi connectivity index (χ1v) is 23.3. The number of rotatable bonds is 26. The number of amides is 6. The number of hydrogen-bond acceptors (Lipinski definition) is 11. The minimum atomic E-state index is -1.35. The first kappa shape index (κ1) is 54.6. The smallest absolute Gasteiger partial charge is 0.328 e. The van der Waals surface area contributed by atoms with Crippen molar-refractivity contribution < 1.29 is 47.8 Å². The maximum Gasteiger partial charge on any atom is 0.328 e. The van der Waals surface area contributed by atoms with Crippen molar-refractivity contribution in [2.45, 2.75) is 148 Å². The maximum atomic E-state index is 14.5. The van der Waals surface area contributed by atoms with Crippen LogP contribution < -0.4 is 16.0 Å². The largest absolute Gasteiger partial charge is 0.467 e. The van der Waals surface area contributed by atoms with E-state index in [1.807, 2.05) is 69.9 Å². The lowest BCUT2D eigenvalue weighted by Crippen LogP contribution is -2.62. The number of benzene rings is 1. The van der Waals surface area contributed by atoms with Gasteiger partial charge >= 0.3 is 5.97 Å². The Kier molecular flexibility index (Phi) is 21.7. The van der Waals surface area contributed by atoms with E-state index in [2.05, 4.69) is 16.0 Å². The van der Waals surface area contributed by atoms with Gasteiger partial charge < -0.3 is 40.0 Å². The minimum Gasteiger partial charge on any atom is -0.467 e. The Balaban J connectivity index is 1.68. The Morgan fingerprint density at radius 3 is 2.14 bits per heavy atom. The summed E-state index contributed by atoms with van der Waals surface area (Å²) in [5.74, 6) is -3.31. The van der Waals surface area contributed by atoms with Crippen molar-refractivity contribution in [2.24, 2.45) is 17.8 Å². The monoisotopic (exact) mass is 927 g/mol. The van der Waals surface area contributed by atoms with Gasteiger partial charge in [-0.2, -0.15) is 0 Å². The molecule has 1 fully saturated rings. The third-order valence-electron chi connectivity index (χ3n) is 12.8. The van der Waals surface area contributed by atoms with Gasteiger partial charge in [-0.1, -0.05) is 90.0 Å². The predicted molar refractivity (Wildman–Crippen MR) is 251 cm³/mol. The molecule has 0 aromatic heterocycles. The molecule has 0 bridgehead atoms. The van der Waals surface area contributed by atoms with Gasteiger partial charge in [0.2, 0.25) is 23.6 Å². The van der Waals surface area contributed by atoms with Crippen molar-refractivity contribution >= 4 is 58.6 Å². The van der Waals surface area contributed by atoms with Crippen LogP contribution in [0.4, 0.5) is 0 Å². The number of carbonyl (C=O) groups excluding carboxylic acids is 7. The predicted octanol–water partition coefficient (Wildman–Crippen LogP) is 4.13. The second kappa shape index (κ2) is 25.8. The lowest BCUT2D eigenvalue weighted by Gasteiger charge is -2.41. The average Bonchev–Trinajstić information content (AvgIpc) is 3.89. The fraction of sp³-hybridized carbons (Fsp3) is 0.667. The molecule has 2 aliphatic heterocycles. The Morgan fingerprint density at radius 1 is 0.923 bits per heavy atom. The van der Waals surface area contributed by atoms with E-state index in [0.29, 0.717) is 50.1 Å². The number of nitrogens with one attached hydrogen (secondary N) is 3. The van der Waals surface area contributed by atoms with Crippen LogP contribution in [0.3, 0.4) is 0 Å². The summed E-state index contributed by atoms with van der Waals surface area (Å²) < 4.78 is 17.2. The second-order valence-corrected chi connectivity index (χ2v) is 18.6. The number of esters is 1. The van der Waals surface area contributed by atoms with Crippen molar-refractivity contribution in [2.75, 3.05) is 41.5 Å². The van der Waals surface area contributed by atoms with E-state index in [1.165, 1.54) is 26.4 Å². The van der Waals surface area contributed by atoms with Gasteiger partial charge in [-0.25, -0.2) is 4.79 Å². The molecule has 1 saturated heterocycles. The average molecular weight is 927 g/mol. The summed E-state index contributed by atoms with van der Waals surface area (Å²) in [6.07, 6.45) is 5.56. The molecule has 3 rings (SSSR count). The molecule has 2 heterocycles. The standard InChI is InChI=1S/C48H74N6O10S/c1-12-31(4)42(52(8)45(59)41(30(2)3)50-47(61)48(6,7)51-37(55)23-17-14-18-26-54-38(56)24-25-39(54)57)36(62-9)29-40(58)53-27-19-22-35(53)43(63-10)32(5)44(65)49-34(46(60)64-11)28-33-20-15-13-16-21-33/h13,15-16,20-21,24-25,30-32,34-36,41-43H,12,14,17-19,22-23,26-29H2,1-11H3,(H,49,65)(H,50,61)(H,51,55). The van der Waals surface area contributed by atoms with E-state index in [1.54, 1.807) is 32.9 Å². The van der Waals surface area contributed by atoms with E-state index >= 15 is 0 Å². The van der Waals surface area contributed by atoms with Gasteiger partial charge in [-0.15, -0.1) is 0 Å². The molecule has 0 radical (unpaired) electrons. The zero-order valence-corrected chi connectivity index (χ0v) is 41.2. The molecule has 8 unspecified atom stereocenters. The van der Waals surface area contributed by atoms with Crippen LogP contribution in [0.2, 0.25) is 0 Å². The van der Waals surface area contributed by atoms with Crippen molar-refractivity contribution in [3.05, 3.63) is 48.0 Å². The van der Waals surface area contributed by atoms with E-state index in [9.17, 15) is 33.6 Å². The van der Waals surface area contributed by atoms with Crippen molar-refractivity contribution in [3.63, 3.8) is 0 Å². The molecule has 65 heavy (non-hydrogen) atoms. The van der Waals surface area contributed by atoms with Gasteiger partial charge in [0.1, 0.15) is 17.6 Å². The Bertz CT molecular complexity index is 1820. The van der Waals surface area contributed by atoms with Gasteiger partial charge in [-0.05, 0) is 56.9 Å². The van der Waals surface area contributed by atoms with Crippen LogP contribution in [0.1, 0.15) is 105 Å². The number of likely N-dealkylation sites (tertiary alicyclic amines) is 1. The van der Waals surface area contributed by atoms with Gasteiger partial charge in [0.25, 0.3) is 11.8 Å². The summed E-state index contributed by atoms with van der Waals surface area (Å²) in [6, 6.07) is 7.06. The summed E-state index contributed by atoms with van der Waals surface area (Å²) in [5.41, 5.74) is -0.407. The topological polar surface area (TPSA) is 193 Å². The first-order chi connectivity index (χ1) is 30.7. The highest BCUT2D eigenvalue weighted by Gasteiger charge is 2.43. The fourth-order valence-corrected chi connectivity index (χ4v) is 8.98. The van der Waals surface area contributed by atoms with Crippen LogP contribution in [0.25, 0.3) is 0 Å². The van der Waals surface area contributed by atoms with E-state index in [4.69, 9.17) is 26.4 Å². The number of likely N-dealkylation sites (N-methyl/N-ethyl adjacent to an activating group) is 1. The summed E-state index contributed by atoms with van der Waals surface area (Å²) >= 11 is 5.86. The van der Waals surface area contributed by atoms with Gasteiger partial charge in [0.05, 0.1) is 42.8 Å². The first-order valence-electron chi connectivity index (χ1n) is 22.9. The summed E-state index contributed by atoms with van der Waals surface area (Å²) in [7, 11) is 6.14. The number of carbonyl (C=O) groups is 7. The quantitative estimate of drug-likeness (QED) is 0.0522. The molecule has 1 aromatic carbocycles. The van der Waals surface area contributed by atoms with Crippen LogP contribution in [0.5, 0.6) is 0 Å². The minimum absolute atomic E-state index is 0.0158. The van der Waals surface area contributed by atoms with E-state index in [-0.39, 0.29) is 72.7 Å². The van der Waals surface area contributed by atoms with Crippen molar-refractivity contribution in [1.29, 1.82) is 0 Å². The molecular weight excluding hydrogens is 853 g/mol. The third kappa shape index (κ3) is 15.1. The van der Waals surface area contributed by atoms with Crippen LogP contribution in [0, 0.1) is 17.8 Å². The van der Waals surface area contributed by atoms with Crippen molar-refractivity contribution in [1.82, 2.24) is 30.7 Å². The van der Waals surface area contributed by atoms with Gasteiger partial charge in [-0.3, -0.25) is 33.7 Å². The highest BCUT2D eigenvalue weighted by atomic mass is 32.1. The molecule has 0 spiro atoms. The molecule has 0 aliphatic carbocycles. The molecule has 17 heteroatoms. The summed E-state index contributed by atoms with van der Waals surface area (Å²) in [6.45, 7) is 13.5. The zero-order valence-electron chi connectivity index (χ0n) is 40.3. The highest BCUT2D eigenvalue weighted by molar-refractivity contribution is 7.80. The number of ether oxygens (including phenoxy) is 3. The molecule has 2 aliphatic rings. The third-order valence-corrected chi connectivity index (χ3v) is 13.3. The number of methoxy groups -OCH3 is 3. The molecule has 16 nitrogen and oxygen atoms in total. The van der Waals surface area contributed by atoms with Crippen LogP contribution in [0.15, 0.2) is 42.5 Å². The summed E-state index contributed by atoms with van der Waals surface area (Å²) in [5, 5.41) is 8.90. The normalized spacial score (nSPS) is 18.4. The molecular formula is C48H74N6O10S. The number of nitrogens with zero attached hydrogens (tertiary/aromatic N) is 3. The van der Waals surface area contributed by atoms with Crippen LogP contribution in [-0.4, -0.2) is 144 Å². The second-order valence-electron chi connectivity index (χ2n) is 18.2. The number of hydrogen-bond donors (Lipinski definition) is 3. The van der Waals surface area contributed by atoms with Gasteiger partial charge in [0, 0.05) is 65.3 Å². The van der Waals surface area contributed by atoms with Crippen LogP contribution in [-0.2, 0) is 54.2 Å².